The quantitative estimate of drug-likeness (QED) is 0.511. The van der Waals surface area contributed by atoms with E-state index in [0.717, 1.165) is 25.0 Å². The maximum atomic E-state index is 6.57. The minimum absolute atomic E-state index is 0.0607. The lowest BCUT2D eigenvalue weighted by atomic mass is 10.1. The summed E-state index contributed by atoms with van der Waals surface area (Å²) in [4.78, 5) is 4.14. The van der Waals surface area contributed by atoms with Gasteiger partial charge < -0.3 is 10.2 Å². The van der Waals surface area contributed by atoms with Gasteiger partial charge in [0.15, 0.2) is 8.32 Å². The summed E-state index contributed by atoms with van der Waals surface area (Å²) in [7, 11) is -1.73. The molecule has 0 aromatic carbocycles. The molecular weight excluding hydrogens is 288 g/mol. The Morgan fingerprint density at radius 3 is 2.14 bits per heavy atom. The molecule has 2 N–H and O–H groups in total. The fourth-order valence-electron chi connectivity index (χ4n) is 3.81. The Hall–Kier alpha value is -0.713. The molecule has 0 bridgehead atoms. The molecule has 4 heteroatoms. The van der Waals surface area contributed by atoms with Gasteiger partial charge in [-0.1, -0.05) is 47.6 Å². The SMILES string of the molecule is CC(C)[Si](OCCC[C@H](N)c1cccnc1)(C(C)C)C(C)C. The molecule has 1 atom stereocenters. The van der Waals surface area contributed by atoms with E-state index in [4.69, 9.17) is 10.2 Å². The van der Waals surface area contributed by atoms with Gasteiger partial charge in [-0.05, 0) is 41.1 Å². The highest BCUT2D eigenvalue weighted by molar-refractivity contribution is 6.77. The lowest BCUT2D eigenvalue weighted by Crippen LogP contribution is -2.48. The Labute approximate surface area is 137 Å². The maximum Gasteiger partial charge on any atom is 0.200 e. The zero-order valence-electron chi connectivity index (χ0n) is 15.2. The summed E-state index contributed by atoms with van der Waals surface area (Å²) in [6, 6.07) is 4.05. The van der Waals surface area contributed by atoms with Crippen LogP contribution in [0.4, 0.5) is 0 Å². The second-order valence-corrected chi connectivity index (χ2v) is 12.7. The summed E-state index contributed by atoms with van der Waals surface area (Å²) in [5, 5.41) is 0. The lowest BCUT2D eigenvalue weighted by Gasteiger charge is -2.42. The molecule has 0 radical (unpaired) electrons. The van der Waals surface area contributed by atoms with Crippen molar-refractivity contribution in [2.24, 2.45) is 5.73 Å². The van der Waals surface area contributed by atoms with Crippen molar-refractivity contribution >= 4 is 8.32 Å². The van der Waals surface area contributed by atoms with E-state index in [-0.39, 0.29) is 6.04 Å². The van der Waals surface area contributed by atoms with Gasteiger partial charge in [-0.25, -0.2) is 0 Å². The standard InChI is InChI=1S/C18H34N2OSi/c1-14(2)22(15(3)4,16(5)6)21-12-8-10-18(19)17-9-7-11-20-13-17/h7,9,11,13-16,18H,8,10,12,19H2,1-6H3/t18-/m0/s1. The highest BCUT2D eigenvalue weighted by Crippen LogP contribution is 2.42. The molecule has 1 aromatic heterocycles. The van der Waals surface area contributed by atoms with E-state index < -0.39 is 8.32 Å². The first-order valence-electron chi connectivity index (χ1n) is 8.61. The van der Waals surface area contributed by atoms with Crippen molar-refractivity contribution in [3.63, 3.8) is 0 Å². The second-order valence-electron chi connectivity index (χ2n) is 7.20. The number of nitrogens with two attached hydrogens (primary N) is 1. The van der Waals surface area contributed by atoms with Gasteiger partial charge in [0.25, 0.3) is 0 Å². The Balaban J connectivity index is 2.53. The highest BCUT2D eigenvalue weighted by atomic mass is 28.4. The molecule has 126 valence electrons. The van der Waals surface area contributed by atoms with E-state index in [1.165, 1.54) is 0 Å². The molecule has 0 unspecified atom stereocenters. The Morgan fingerprint density at radius 2 is 1.68 bits per heavy atom. The molecule has 0 aliphatic rings. The van der Waals surface area contributed by atoms with Crippen molar-refractivity contribution in [1.82, 2.24) is 4.98 Å². The van der Waals surface area contributed by atoms with Crippen LogP contribution in [0, 0.1) is 0 Å². The summed E-state index contributed by atoms with van der Waals surface area (Å²) in [6.45, 7) is 14.8. The summed E-state index contributed by atoms with van der Waals surface area (Å²) >= 11 is 0. The zero-order chi connectivity index (χ0) is 16.8. The van der Waals surface area contributed by atoms with E-state index in [1.54, 1.807) is 6.20 Å². The number of pyridine rings is 1. The number of aromatic nitrogens is 1. The molecule has 1 aromatic rings. The monoisotopic (exact) mass is 322 g/mol. The summed E-state index contributed by atoms with van der Waals surface area (Å²) in [5.74, 6) is 0. The van der Waals surface area contributed by atoms with Gasteiger partial charge in [0.2, 0.25) is 0 Å². The third kappa shape index (κ3) is 4.64. The van der Waals surface area contributed by atoms with Gasteiger partial charge in [0, 0.05) is 25.0 Å². The zero-order valence-corrected chi connectivity index (χ0v) is 16.2. The topological polar surface area (TPSA) is 48.1 Å². The van der Waals surface area contributed by atoms with Crippen LogP contribution in [0.2, 0.25) is 16.6 Å². The van der Waals surface area contributed by atoms with Gasteiger partial charge in [-0.2, -0.15) is 0 Å². The molecule has 22 heavy (non-hydrogen) atoms. The molecule has 1 rings (SSSR count). The minimum atomic E-state index is -1.73. The number of nitrogens with zero attached hydrogens (tertiary/aromatic N) is 1. The van der Waals surface area contributed by atoms with Crippen LogP contribution < -0.4 is 5.73 Å². The van der Waals surface area contributed by atoms with Crippen molar-refractivity contribution in [2.75, 3.05) is 6.61 Å². The van der Waals surface area contributed by atoms with Crippen molar-refractivity contribution in [3.8, 4) is 0 Å². The van der Waals surface area contributed by atoms with E-state index >= 15 is 0 Å². The molecule has 0 amide bonds. The first kappa shape index (κ1) is 19.3. The van der Waals surface area contributed by atoms with Crippen LogP contribution in [-0.2, 0) is 4.43 Å². The fraction of sp³-hybridized carbons (Fsp3) is 0.722. The van der Waals surface area contributed by atoms with Gasteiger partial charge in [-0.15, -0.1) is 0 Å². The van der Waals surface area contributed by atoms with Crippen LogP contribution in [0.25, 0.3) is 0 Å². The first-order chi connectivity index (χ1) is 10.3. The molecule has 1 heterocycles. The molecule has 0 saturated carbocycles. The van der Waals surface area contributed by atoms with Crippen molar-refractivity contribution < 1.29 is 4.43 Å². The first-order valence-corrected chi connectivity index (χ1v) is 10.8. The van der Waals surface area contributed by atoms with Crippen LogP contribution in [-0.4, -0.2) is 19.9 Å². The van der Waals surface area contributed by atoms with Gasteiger partial charge in [0.05, 0.1) is 0 Å². The smallest absolute Gasteiger partial charge is 0.200 e. The number of rotatable bonds is 9. The molecule has 0 fully saturated rings. The maximum absolute atomic E-state index is 6.57. The van der Waals surface area contributed by atoms with Crippen LogP contribution >= 0.6 is 0 Å². The van der Waals surface area contributed by atoms with Crippen molar-refractivity contribution in [2.45, 2.75) is 77.0 Å². The minimum Gasteiger partial charge on any atom is -0.416 e. The van der Waals surface area contributed by atoms with E-state index in [0.29, 0.717) is 16.6 Å². The Bertz CT molecular complexity index is 399. The van der Waals surface area contributed by atoms with Crippen molar-refractivity contribution in [1.29, 1.82) is 0 Å². The largest absolute Gasteiger partial charge is 0.416 e. The Kier molecular flexibility index (Phi) is 7.73. The molecular formula is C18H34N2OSi. The van der Waals surface area contributed by atoms with E-state index in [2.05, 4.69) is 46.5 Å². The summed E-state index contributed by atoms with van der Waals surface area (Å²) in [6.07, 6.45) is 5.61. The predicted molar refractivity (Wildman–Crippen MR) is 97.4 cm³/mol. The molecule has 0 aliphatic carbocycles. The summed E-state index contributed by atoms with van der Waals surface area (Å²) in [5.41, 5.74) is 9.27. The van der Waals surface area contributed by atoms with Crippen LogP contribution in [0.1, 0.15) is 66.0 Å². The van der Waals surface area contributed by atoms with E-state index in [9.17, 15) is 0 Å². The van der Waals surface area contributed by atoms with Crippen LogP contribution in [0.15, 0.2) is 24.5 Å². The lowest BCUT2D eigenvalue weighted by molar-refractivity contribution is 0.265. The fourth-order valence-corrected chi connectivity index (χ4v) is 9.31. The molecule has 0 aliphatic heterocycles. The van der Waals surface area contributed by atoms with E-state index in [1.807, 2.05) is 18.3 Å². The Morgan fingerprint density at radius 1 is 1.09 bits per heavy atom. The normalized spacial score (nSPS) is 14.1. The highest BCUT2D eigenvalue weighted by Gasteiger charge is 2.44. The molecule has 3 nitrogen and oxygen atoms in total. The number of hydrogen-bond acceptors (Lipinski definition) is 3. The van der Waals surface area contributed by atoms with Gasteiger partial charge >= 0.3 is 0 Å². The molecule has 0 spiro atoms. The van der Waals surface area contributed by atoms with Crippen molar-refractivity contribution in [3.05, 3.63) is 30.1 Å². The van der Waals surface area contributed by atoms with Gasteiger partial charge in [0.1, 0.15) is 0 Å². The second kappa shape index (κ2) is 8.80. The van der Waals surface area contributed by atoms with Crippen LogP contribution in [0.3, 0.4) is 0 Å². The predicted octanol–water partition coefficient (Wildman–Crippen LogP) is 5.05. The van der Waals surface area contributed by atoms with Gasteiger partial charge in [-0.3, -0.25) is 4.98 Å². The average molecular weight is 323 g/mol. The van der Waals surface area contributed by atoms with Crippen LogP contribution in [0.5, 0.6) is 0 Å². The summed E-state index contributed by atoms with van der Waals surface area (Å²) < 4.78 is 6.57. The average Bonchev–Trinajstić information content (AvgIpc) is 2.46. The number of hydrogen-bond donors (Lipinski definition) is 1. The third-order valence-electron chi connectivity index (χ3n) is 4.83. The third-order valence-corrected chi connectivity index (χ3v) is 10.9. The molecule has 0 saturated heterocycles.